The number of anilines is 1. The number of rotatable bonds is 7. The molecule has 0 spiro atoms. The van der Waals surface area contributed by atoms with E-state index in [1.165, 1.54) is 19.3 Å². The fourth-order valence-corrected chi connectivity index (χ4v) is 2.16. The van der Waals surface area contributed by atoms with Crippen molar-refractivity contribution in [3.8, 4) is 0 Å². The SMILES string of the molecule is CCOCc1nc(Cl)cc(NC(C)CC2CC2)n1. The lowest BCUT2D eigenvalue weighted by Gasteiger charge is -2.14. The molecule has 0 saturated heterocycles. The van der Waals surface area contributed by atoms with Gasteiger partial charge in [0.25, 0.3) is 0 Å². The number of aromatic nitrogens is 2. The summed E-state index contributed by atoms with van der Waals surface area (Å²) in [5.41, 5.74) is 0. The van der Waals surface area contributed by atoms with Gasteiger partial charge in [0.15, 0.2) is 5.82 Å². The molecule has 18 heavy (non-hydrogen) atoms. The maximum absolute atomic E-state index is 5.98. The molecule has 1 aliphatic rings. The van der Waals surface area contributed by atoms with Crippen LogP contribution in [0.25, 0.3) is 0 Å². The van der Waals surface area contributed by atoms with E-state index in [4.69, 9.17) is 16.3 Å². The molecular weight excluding hydrogens is 250 g/mol. The third-order valence-corrected chi connectivity index (χ3v) is 3.15. The van der Waals surface area contributed by atoms with Crippen molar-refractivity contribution in [1.82, 2.24) is 9.97 Å². The van der Waals surface area contributed by atoms with Gasteiger partial charge in [0.05, 0.1) is 0 Å². The molecule has 1 aromatic heterocycles. The van der Waals surface area contributed by atoms with Gasteiger partial charge in [0.1, 0.15) is 17.6 Å². The van der Waals surface area contributed by atoms with Crippen LogP contribution in [-0.4, -0.2) is 22.6 Å². The number of hydrogen-bond donors (Lipinski definition) is 1. The van der Waals surface area contributed by atoms with E-state index in [0.29, 0.717) is 30.2 Å². The Labute approximate surface area is 113 Å². The summed E-state index contributed by atoms with van der Waals surface area (Å²) in [4.78, 5) is 8.55. The van der Waals surface area contributed by atoms with Gasteiger partial charge in [0, 0.05) is 18.7 Å². The van der Waals surface area contributed by atoms with Crippen molar-refractivity contribution in [2.75, 3.05) is 11.9 Å². The highest BCUT2D eigenvalue weighted by atomic mass is 35.5. The van der Waals surface area contributed by atoms with Crippen molar-refractivity contribution in [2.45, 2.75) is 45.8 Å². The topological polar surface area (TPSA) is 47.0 Å². The van der Waals surface area contributed by atoms with Crippen LogP contribution in [0.4, 0.5) is 5.82 Å². The van der Waals surface area contributed by atoms with Crippen molar-refractivity contribution >= 4 is 17.4 Å². The lowest BCUT2D eigenvalue weighted by Crippen LogP contribution is -2.17. The molecule has 0 aromatic carbocycles. The summed E-state index contributed by atoms with van der Waals surface area (Å²) in [6.07, 6.45) is 3.93. The van der Waals surface area contributed by atoms with Crippen molar-refractivity contribution in [1.29, 1.82) is 0 Å². The molecule has 4 nitrogen and oxygen atoms in total. The number of ether oxygens (including phenoxy) is 1. The van der Waals surface area contributed by atoms with E-state index >= 15 is 0 Å². The summed E-state index contributed by atoms with van der Waals surface area (Å²) in [7, 11) is 0. The molecule has 1 aromatic rings. The van der Waals surface area contributed by atoms with Crippen LogP contribution in [0.3, 0.4) is 0 Å². The van der Waals surface area contributed by atoms with Crippen LogP contribution >= 0.6 is 11.6 Å². The van der Waals surface area contributed by atoms with Gasteiger partial charge in [-0.1, -0.05) is 24.4 Å². The van der Waals surface area contributed by atoms with Crippen molar-refractivity contribution in [3.63, 3.8) is 0 Å². The first kappa shape index (κ1) is 13.6. The summed E-state index contributed by atoms with van der Waals surface area (Å²) in [6.45, 7) is 5.18. The molecule has 1 heterocycles. The molecule has 100 valence electrons. The van der Waals surface area contributed by atoms with Gasteiger partial charge < -0.3 is 10.1 Å². The molecular formula is C13H20ClN3O. The Morgan fingerprint density at radius 1 is 1.50 bits per heavy atom. The van der Waals surface area contributed by atoms with Crippen molar-refractivity contribution in [2.24, 2.45) is 5.92 Å². The molecule has 0 amide bonds. The van der Waals surface area contributed by atoms with Crippen LogP contribution in [0, 0.1) is 5.92 Å². The maximum Gasteiger partial charge on any atom is 0.158 e. The van der Waals surface area contributed by atoms with Crippen LogP contribution in [0.15, 0.2) is 6.07 Å². The Balaban J connectivity index is 1.94. The number of halogens is 1. The molecule has 1 aliphatic carbocycles. The summed E-state index contributed by atoms with van der Waals surface area (Å²) >= 11 is 5.98. The molecule has 1 unspecified atom stereocenters. The maximum atomic E-state index is 5.98. The predicted octanol–water partition coefficient (Wildman–Crippen LogP) is 3.27. The Hall–Kier alpha value is -0.870. The largest absolute Gasteiger partial charge is 0.374 e. The Morgan fingerprint density at radius 2 is 2.28 bits per heavy atom. The van der Waals surface area contributed by atoms with Crippen molar-refractivity contribution in [3.05, 3.63) is 17.0 Å². The minimum Gasteiger partial charge on any atom is -0.374 e. The molecule has 0 radical (unpaired) electrons. The lowest BCUT2D eigenvalue weighted by molar-refractivity contribution is 0.128. The molecule has 1 atom stereocenters. The summed E-state index contributed by atoms with van der Waals surface area (Å²) in [5.74, 6) is 2.32. The zero-order valence-corrected chi connectivity index (χ0v) is 11.7. The van der Waals surface area contributed by atoms with Gasteiger partial charge in [-0.3, -0.25) is 0 Å². The van der Waals surface area contributed by atoms with Crippen LogP contribution in [0.1, 0.15) is 38.9 Å². The van der Waals surface area contributed by atoms with Gasteiger partial charge in [-0.15, -0.1) is 0 Å². The highest BCUT2D eigenvalue weighted by Gasteiger charge is 2.23. The first-order valence-electron chi connectivity index (χ1n) is 6.55. The van der Waals surface area contributed by atoms with Crippen molar-refractivity contribution < 1.29 is 4.74 Å². The number of nitrogens with zero attached hydrogens (tertiary/aromatic N) is 2. The quantitative estimate of drug-likeness (QED) is 0.772. The molecule has 0 bridgehead atoms. The normalized spacial score (nSPS) is 16.6. The standard InChI is InChI=1S/C13H20ClN3O/c1-3-18-8-13-16-11(14)7-12(17-13)15-9(2)6-10-4-5-10/h7,9-10H,3-6,8H2,1-2H3,(H,15,16,17). The Morgan fingerprint density at radius 3 is 2.94 bits per heavy atom. The van der Waals surface area contributed by atoms with Gasteiger partial charge in [-0.2, -0.15) is 0 Å². The highest BCUT2D eigenvalue weighted by Crippen LogP contribution is 2.34. The van der Waals surface area contributed by atoms with Gasteiger partial charge >= 0.3 is 0 Å². The van der Waals surface area contributed by atoms with Gasteiger partial charge in [-0.25, -0.2) is 9.97 Å². The van der Waals surface area contributed by atoms with Crippen LogP contribution in [0.2, 0.25) is 5.15 Å². The molecule has 1 saturated carbocycles. The average Bonchev–Trinajstić information content (AvgIpc) is 3.09. The predicted molar refractivity (Wildman–Crippen MR) is 72.8 cm³/mol. The van der Waals surface area contributed by atoms with Crippen LogP contribution < -0.4 is 5.32 Å². The monoisotopic (exact) mass is 269 g/mol. The first-order valence-corrected chi connectivity index (χ1v) is 6.93. The minimum atomic E-state index is 0.406. The van der Waals surface area contributed by atoms with E-state index < -0.39 is 0 Å². The average molecular weight is 270 g/mol. The lowest BCUT2D eigenvalue weighted by atomic mass is 10.1. The zero-order chi connectivity index (χ0) is 13.0. The van der Waals surface area contributed by atoms with E-state index in [9.17, 15) is 0 Å². The van der Waals surface area contributed by atoms with E-state index in [2.05, 4.69) is 22.2 Å². The van der Waals surface area contributed by atoms with Gasteiger partial charge in [-0.05, 0) is 26.2 Å². The van der Waals surface area contributed by atoms with E-state index in [1.54, 1.807) is 6.07 Å². The third-order valence-electron chi connectivity index (χ3n) is 2.95. The van der Waals surface area contributed by atoms with E-state index in [1.807, 2.05) is 6.92 Å². The molecule has 1 N–H and O–H groups in total. The second-order valence-electron chi connectivity index (χ2n) is 4.85. The first-order chi connectivity index (χ1) is 8.67. The molecule has 2 rings (SSSR count). The van der Waals surface area contributed by atoms with E-state index in [0.717, 1.165) is 11.7 Å². The highest BCUT2D eigenvalue weighted by molar-refractivity contribution is 6.29. The summed E-state index contributed by atoms with van der Waals surface area (Å²) in [5, 5.41) is 3.84. The number of hydrogen-bond acceptors (Lipinski definition) is 4. The second kappa shape index (κ2) is 6.34. The molecule has 0 aliphatic heterocycles. The van der Waals surface area contributed by atoms with Gasteiger partial charge in [0.2, 0.25) is 0 Å². The fraction of sp³-hybridized carbons (Fsp3) is 0.692. The zero-order valence-electron chi connectivity index (χ0n) is 10.9. The minimum absolute atomic E-state index is 0.406. The Kier molecular flexibility index (Phi) is 4.78. The number of nitrogens with one attached hydrogen (secondary N) is 1. The third kappa shape index (κ3) is 4.42. The second-order valence-corrected chi connectivity index (χ2v) is 5.24. The summed E-state index contributed by atoms with van der Waals surface area (Å²) in [6, 6.07) is 2.18. The van der Waals surface area contributed by atoms with Crippen LogP contribution in [0.5, 0.6) is 0 Å². The summed E-state index contributed by atoms with van der Waals surface area (Å²) < 4.78 is 5.30. The van der Waals surface area contributed by atoms with Crippen LogP contribution in [-0.2, 0) is 11.3 Å². The Bertz CT molecular complexity index is 396. The fourth-order valence-electron chi connectivity index (χ4n) is 1.96. The molecule has 1 fully saturated rings. The van der Waals surface area contributed by atoms with E-state index in [-0.39, 0.29) is 0 Å². The smallest absolute Gasteiger partial charge is 0.158 e. The molecule has 5 heteroatoms.